The minimum absolute atomic E-state index is 0.656. The lowest BCUT2D eigenvalue weighted by molar-refractivity contribution is 1.08. The van der Waals surface area contributed by atoms with Crippen molar-refractivity contribution in [3.63, 3.8) is 0 Å². The van der Waals surface area contributed by atoms with Crippen LogP contribution in [0, 0.1) is 0 Å². The van der Waals surface area contributed by atoms with Crippen molar-refractivity contribution in [2.75, 3.05) is 0 Å². The van der Waals surface area contributed by atoms with E-state index in [-0.39, 0.29) is 0 Å². The van der Waals surface area contributed by atoms with E-state index < -0.39 is 0 Å². The van der Waals surface area contributed by atoms with Crippen LogP contribution in [-0.2, 0) is 0 Å². The predicted molar refractivity (Wildman–Crippen MR) is 192 cm³/mol. The van der Waals surface area contributed by atoms with Crippen molar-refractivity contribution in [1.82, 2.24) is 15.0 Å². The van der Waals surface area contributed by atoms with Gasteiger partial charge in [0.05, 0.1) is 0 Å². The standard InChI is InChI=1S/C43H27N3/c1-3-14-29(15-4-1)41-44-42(30-16-5-2-6-17-30)46-43(45-41)39-27-33-26-38(32-24-23-28-13-7-8-18-31(28)25-32)34-19-9-11-21-36(34)40(33)37-22-12-10-20-35(37)39/h1-27H. The van der Waals surface area contributed by atoms with Crippen LogP contribution in [0.3, 0.4) is 0 Å². The van der Waals surface area contributed by atoms with Gasteiger partial charge in [-0.3, -0.25) is 0 Å². The molecule has 214 valence electrons. The summed E-state index contributed by atoms with van der Waals surface area (Å²) < 4.78 is 0. The molecule has 9 aromatic rings. The van der Waals surface area contributed by atoms with Gasteiger partial charge in [0.1, 0.15) is 0 Å². The Labute approximate surface area is 266 Å². The van der Waals surface area contributed by atoms with Gasteiger partial charge in [-0.05, 0) is 72.4 Å². The molecular formula is C43H27N3. The highest BCUT2D eigenvalue weighted by atomic mass is 15.0. The molecule has 0 amide bonds. The molecule has 0 atom stereocenters. The second kappa shape index (κ2) is 10.8. The molecule has 0 N–H and O–H groups in total. The molecule has 0 bridgehead atoms. The van der Waals surface area contributed by atoms with Gasteiger partial charge in [0.2, 0.25) is 0 Å². The Morgan fingerprint density at radius 3 is 1.39 bits per heavy atom. The Balaban J connectivity index is 1.36. The van der Waals surface area contributed by atoms with Crippen LogP contribution < -0.4 is 0 Å². The van der Waals surface area contributed by atoms with Crippen LogP contribution in [0.4, 0.5) is 0 Å². The Hall–Kier alpha value is -6.19. The van der Waals surface area contributed by atoms with Crippen LogP contribution in [-0.4, -0.2) is 15.0 Å². The Morgan fingerprint density at radius 1 is 0.283 bits per heavy atom. The summed E-state index contributed by atoms with van der Waals surface area (Å²) in [6.45, 7) is 0. The lowest BCUT2D eigenvalue weighted by Crippen LogP contribution is -2.00. The minimum Gasteiger partial charge on any atom is -0.208 e. The van der Waals surface area contributed by atoms with Crippen molar-refractivity contribution in [3.8, 4) is 45.3 Å². The molecule has 0 radical (unpaired) electrons. The molecule has 0 aliphatic rings. The summed E-state index contributed by atoms with van der Waals surface area (Å²) in [6.07, 6.45) is 0. The quantitative estimate of drug-likeness (QED) is 0.193. The van der Waals surface area contributed by atoms with Gasteiger partial charge in [-0.2, -0.15) is 0 Å². The van der Waals surface area contributed by atoms with Crippen LogP contribution >= 0.6 is 0 Å². The maximum absolute atomic E-state index is 5.11. The number of benzene rings is 8. The summed E-state index contributed by atoms with van der Waals surface area (Å²) in [5, 5.41) is 9.62. The van der Waals surface area contributed by atoms with Crippen LogP contribution in [0.1, 0.15) is 0 Å². The van der Waals surface area contributed by atoms with Crippen molar-refractivity contribution in [2.45, 2.75) is 0 Å². The SMILES string of the molecule is c1ccc(-c2nc(-c3ccccc3)nc(-c3cc4cc(-c5ccc6ccccc6c5)c5ccccc5c4c4ccccc34)n2)cc1. The van der Waals surface area contributed by atoms with E-state index in [0.29, 0.717) is 17.5 Å². The average Bonchev–Trinajstić information content (AvgIpc) is 3.14. The van der Waals surface area contributed by atoms with Gasteiger partial charge in [-0.15, -0.1) is 0 Å². The molecule has 1 heterocycles. The summed E-state index contributed by atoms with van der Waals surface area (Å²) in [4.78, 5) is 15.2. The van der Waals surface area contributed by atoms with Gasteiger partial charge >= 0.3 is 0 Å². The summed E-state index contributed by atoms with van der Waals surface area (Å²) >= 11 is 0. The number of hydrogen-bond acceptors (Lipinski definition) is 3. The molecule has 0 fully saturated rings. The van der Waals surface area contributed by atoms with Gasteiger partial charge in [0, 0.05) is 16.7 Å². The van der Waals surface area contributed by atoms with Crippen molar-refractivity contribution in [3.05, 3.63) is 164 Å². The van der Waals surface area contributed by atoms with E-state index in [4.69, 9.17) is 15.0 Å². The lowest BCUT2D eigenvalue weighted by Gasteiger charge is -2.16. The van der Waals surface area contributed by atoms with Crippen molar-refractivity contribution < 1.29 is 0 Å². The first-order chi connectivity index (χ1) is 22.8. The van der Waals surface area contributed by atoms with E-state index in [9.17, 15) is 0 Å². The normalized spacial score (nSPS) is 11.5. The van der Waals surface area contributed by atoms with Crippen LogP contribution in [0.15, 0.2) is 164 Å². The van der Waals surface area contributed by atoms with Crippen LogP contribution in [0.5, 0.6) is 0 Å². The van der Waals surface area contributed by atoms with Gasteiger partial charge in [0.25, 0.3) is 0 Å². The van der Waals surface area contributed by atoms with Gasteiger partial charge in [-0.1, -0.05) is 146 Å². The first-order valence-electron chi connectivity index (χ1n) is 15.5. The second-order valence-corrected chi connectivity index (χ2v) is 11.6. The Morgan fingerprint density at radius 2 is 0.761 bits per heavy atom. The first kappa shape index (κ1) is 26.2. The maximum atomic E-state index is 5.11. The van der Waals surface area contributed by atoms with E-state index in [1.807, 2.05) is 60.7 Å². The number of aromatic nitrogens is 3. The zero-order valence-electron chi connectivity index (χ0n) is 24.9. The highest BCUT2D eigenvalue weighted by Crippen LogP contribution is 2.42. The third kappa shape index (κ3) is 4.41. The number of fused-ring (bicyclic) bond motifs is 6. The molecule has 9 rings (SSSR count). The Kier molecular flexibility index (Phi) is 6.14. The fourth-order valence-electron chi connectivity index (χ4n) is 6.69. The van der Waals surface area contributed by atoms with E-state index in [1.165, 1.54) is 43.4 Å². The number of nitrogens with zero attached hydrogens (tertiary/aromatic N) is 3. The zero-order valence-corrected chi connectivity index (χ0v) is 24.9. The van der Waals surface area contributed by atoms with Crippen LogP contribution in [0.2, 0.25) is 0 Å². The summed E-state index contributed by atoms with van der Waals surface area (Å²) in [7, 11) is 0. The van der Waals surface area contributed by atoms with Gasteiger partial charge in [0.15, 0.2) is 17.5 Å². The minimum atomic E-state index is 0.656. The van der Waals surface area contributed by atoms with E-state index in [2.05, 4.69) is 103 Å². The predicted octanol–water partition coefficient (Wildman–Crippen LogP) is 11.2. The van der Waals surface area contributed by atoms with Crippen molar-refractivity contribution in [2.24, 2.45) is 0 Å². The summed E-state index contributed by atoms with van der Waals surface area (Å²) in [5.41, 5.74) is 5.31. The highest BCUT2D eigenvalue weighted by Gasteiger charge is 2.18. The maximum Gasteiger partial charge on any atom is 0.164 e. The molecule has 0 aliphatic heterocycles. The fourth-order valence-corrected chi connectivity index (χ4v) is 6.69. The van der Waals surface area contributed by atoms with Gasteiger partial charge < -0.3 is 0 Å². The molecule has 0 spiro atoms. The molecular weight excluding hydrogens is 558 g/mol. The average molecular weight is 586 g/mol. The molecule has 0 saturated carbocycles. The fraction of sp³-hybridized carbons (Fsp3) is 0. The van der Waals surface area contributed by atoms with Crippen molar-refractivity contribution in [1.29, 1.82) is 0 Å². The topological polar surface area (TPSA) is 38.7 Å². The van der Waals surface area contributed by atoms with E-state index in [0.717, 1.165) is 27.5 Å². The zero-order chi connectivity index (χ0) is 30.5. The largest absolute Gasteiger partial charge is 0.208 e. The molecule has 1 aromatic heterocycles. The van der Waals surface area contributed by atoms with E-state index >= 15 is 0 Å². The molecule has 0 aliphatic carbocycles. The van der Waals surface area contributed by atoms with Gasteiger partial charge in [-0.25, -0.2) is 15.0 Å². The second-order valence-electron chi connectivity index (χ2n) is 11.6. The third-order valence-electron chi connectivity index (χ3n) is 8.86. The molecule has 0 unspecified atom stereocenters. The first-order valence-corrected chi connectivity index (χ1v) is 15.5. The molecule has 3 nitrogen and oxygen atoms in total. The molecule has 8 aromatic carbocycles. The molecule has 0 saturated heterocycles. The molecule has 46 heavy (non-hydrogen) atoms. The monoisotopic (exact) mass is 585 g/mol. The highest BCUT2D eigenvalue weighted by molar-refractivity contribution is 6.25. The van der Waals surface area contributed by atoms with Crippen LogP contribution in [0.25, 0.3) is 88.4 Å². The number of hydrogen-bond donors (Lipinski definition) is 0. The smallest absolute Gasteiger partial charge is 0.164 e. The lowest BCUT2D eigenvalue weighted by atomic mass is 9.88. The Bertz CT molecular complexity index is 2520. The molecule has 3 heteroatoms. The summed E-state index contributed by atoms with van der Waals surface area (Å²) in [5.74, 6) is 1.97. The van der Waals surface area contributed by atoms with E-state index in [1.54, 1.807) is 0 Å². The summed E-state index contributed by atoms with van der Waals surface area (Å²) in [6, 6.07) is 57.6. The van der Waals surface area contributed by atoms with Crippen molar-refractivity contribution >= 4 is 43.1 Å². The third-order valence-corrected chi connectivity index (χ3v) is 8.86. The number of rotatable bonds is 4.